The van der Waals surface area contributed by atoms with Crippen molar-refractivity contribution >= 4 is 35.6 Å². The number of carbonyl (C=O) groups excluding carboxylic acids is 4. The Labute approximate surface area is 235 Å². The highest BCUT2D eigenvalue weighted by atomic mass is 32.2. The maximum atomic E-state index is 13.5. The number of alkyl carbamates (subject to hydrolysis) is 1. The second-order valence-corrected chi connectivity index (χ2v) is 11.7. The minimum Gasteiger partial charge on any atom is -0.490 e. The fourth-order valence-electron chi connectivity index (χ4n) is 3.71. The number of rotatable bonds is 4. The number of thioether (sulfide) groups is 1. The number of ether oxygens (including phenoxy) is 3. The number of fused-ring (bicyclic) bond motifs is 15. The zero-order chi connectivity index (χ0) is 29.0. The maximum Gasteiger partial charge on any atom is 0.408 e. The second kappa shape index (κ2) is 15.4. The average Bonchev–Trinajstić information content (AvgIpc) is 2.85. The lowest BCUT2D eigenvalue weighted by Crippen LogP contribution is -2.57. The van der Waals surface area contributed by atoms with E-state index in [0.29, 0.717) is 24.5 Å². The number of esters is 1. The standard InChI is InChI=1S/C28H41N3O7S/c1-18(2)15-21-24(32)30-23(26(34)36-6)17-39-14-8-7-13-37-20-11-9-19(10-12-20)16-22(25(33)29-21)31-27(35)38-28(3,4)5/h7-12,18,21-23H,13-17H2,1-6H3,(H,29,33)(H,30,32)(H,31,35)/t21-,22-,23-/m0/s1. The van der Waals surface area contributed by atoms with Crippen LogP contribution >= 0.6 is 11.8 Å². The topological polar surface area (TPSA) is 132 Å². The van der Waals surface area contributed by atoms with Crippen LogP contribution in [0.5, 0.6) is 5.75 Å². The van der Waals surface area contributed by atoms with Gasteiger partial charge in [0.2, 0.25) is 11.8 Å². The normalized spacial score (nSPS) is 21.5. The Hall–Kier alpha value is -3.21. The Morgan fingerprint density at radius 1 is 1.10 bits per heavy atom. The highest BCUT2D eigenvalue weighted by Crippen LogP contribution is 2.16. The highest BCUT2D eigenvalue weighted by molar-refractivity contribution is 7.99. The first kappa shape index (κ1) is 32.0. The van der Waals surface area contributed by atoms with Crippen LogP contribution < -0.4 is 20.7 Å². The van der Waals surface area contributed by atoms with Gasteiger partial charge in [-0.1, -0.05) is 38.1 Å². The predicted octanol–water partition coefficient (Wildman–Crippen LogP) is 2.99. The van der Waals surface area contributed by atoms with Crippen LogP contribution in [0.25, 0.3) is 0 Å². The smallest absolute Gasteiger partial charge is 0.408 e. The molecule has 3 N–H and O–H groups in total. The summed E-state index contributed by atoms with van der Waals surface area (Å²) in [7, 11) is 1.26. The van der Waals surface area contributed by atoms with Gasteiger partial charge in [0.25, 0.3) is 0 Å². The minimum absolute atomic E-state index is 0.0588. The van der Waals surface area contributed by atoms with E-state index in [9.17, 15) is 19.2 Å². The Kier molecular flexibility index (Phi) is 12.6. The molecule has 0 aromatic heterocycles. The van der Waals surface area contributed by atoms with Crippen LogP contribution in [-0.2, 0) is 30.3 Å². The lowest BCUT2D eigenvalue weighted by atomic mass is 10.0. The van der Waals surface area contributed by atoms with Crippen molar-refractivity contribution in [1.82, 2.24) is 16.0 Å². The molecule has 0 saturated carbocycles. The fourth-order valence-corrected chi connectivity index (χ4v) is 4.57. The zero-order valence-corrected chi connectivity index (χ0v) is 24.4. The molecule has 3 amide bonds. The molecule has 2 aliphatic heterocycles. The Bertz CT molecular complexity index is 1010. The van der Waals surface area contributed by atoms with Gasteiger partial charge in [-0.15, -0.1) is 0 Å². The number of benzene rings is 1. The van der Waals surface area contributed by atoms with Crippen LogP contribution in [0.3, 0.4) is 0 Å². The van der Waals surface area contributed by atoms with Crippen LogP contribution in [0, 0.1) is 5.92 Å². The summed E-state index contributed by atoms with van der Waals surface area (Å²) in [5.41, 5.74) is 0.0162. The second-order valence-electron chi connectivity index (χ2n) is 10.6. The Balaban J connectivity index is 2.37. The summed E-state index contributed by atoms with van der Waals surface area (Å²) in [5.74, 6) is -0.0135. The van der Waals surface area contributed by atoms with Crippen LogP contribution in [-0.4, -0.2) is 72.8 Å². The summed E-state index contributed by atoms with van der Waals surface area (Å²) in [6.45, 7) is 9.39. The molecule has 2 heterocycles. The lowest BCUT2D eigenvalue weighted by molar-refractivity contribution is -0.144. The summed E-state index contributed by atoms with van der Waals surface area (Å²) in [6.07, 6.45) is 3.54. The van der Waals surface area contributed by atoms with Crippen LogP contribution in [0.15, 0.2) is 36.4 Å². The third kappa shape index (κ3) is 12.0. The molecule has 0 aliphatic carbocycles. The first-order valence-electron chi connectivity index (χ1n) is 13.0. The van der Waals surface area contributed by atoms with E-state index in [1.165, 1.54) is 18.9 Å². The van der Waals surface area contributed by atoms with Crippen molar-refractivity contribution < 1.29 is 33.4 Å². The van der Waals surface area contributed by atoms with Crippen molar-refractivity contribution in [2.75, 3.05) is 25.2 Å². The molecule has 2 aliphatic rings. The summed E-state index contributed by atoms with van der Waals surface area (Å²) < 4.78 is 16.0. The molecule has 3 atom stereocenters. The van der Waals surface area contributed by atoms with Gasteiger partial charge in [0.15, 0.2) is 0 Å². The molecule has 0 radical (unpaired) electrons. The highest BCUT2D eigenvalue weighted by Gasteiger charge is 2.31. The number of carbonyl (C=O) groups is 4. The lowest BCUT2D eigenvalue weighted by Gasteiger charge is -2.27. The molecule has 2 bridgehead atoms. The van der Waals surface area contributed by atoms with Gasteiger partial charge in [-0.3, -0.25) is 9.59 Å². The molecular weight excluding hydrogens is 522 g/mol. The molecule has 1 aromatic rings. The van der Waals surface area contributed by atoms with Gasteiger partial charge in [-0.2, -0.15) is 11.8 Å². The van der Waals surface area contributed by atoms with E-state index in [1.54, 1.807) is 32.9 Å². The number of hydrogen-bond acceptors (Lipinski definition) is 8. The molecule has 10 nitrogen and oxygen atoms in total. The Morgan fingerprint density at radius 3 is 2.41 bits per heavy atom. The fraction of sp³-hybridized carbons (Fsp3) is 0.571. The quantitative estimate of drug-likeness (QED) is 0.376. The minimum atomic E-state index is -1.02. The average molecular weight is 564 g/mol. The zero-order valence-electron chi connectivity index (χ0n) is 23.6. The van der Waals surface area contributed by atoms with Crippen molar-refractivity contribution in [3.05, 3.63) is 42.0 Å². The monoisotopic (exact) mass is 563 g/mol. The summed E-state index contributed by atoms with van der Waals surface area (Å²) in [4.78, 5) is 51.7. The number of hydrogen-bond donors (Lipinski definition) is 3. The van der Waals surface area contributed by atoms with E-state index in [4.69, 9.17) is 14.2 Å². The SMILES string of the molecule is COC(=O)[C@@H]1CSCC=CCOc2ccc(cc2)C[C@H](NC(=O)OC(C)(C)C)C(=O)N[C@@H](CC(C)C)C(=O)N1. The summed E-state index contributed by atoms with van der Waals surface area (Å²) in [6, 6.07) is 4.38. The molecule has 0 spiro atoms. The van der Waals surface area contributed by atoms with Crippen molar-refractivity contribution in [3.8, 4) is 5.75 Å². The van der Waals surface area contributed by atoms with Crippen LogP contribution in [0.1, 0.15) is 46.6 Å². The van der Waals surface area contributed by atoms with E-state index in [1.807, 2.05) is 38.1 Å². The molecule has 39 heavy (non-hydrogen) atoms. The van der Waals surface area contributed by atoms with Crippen molar-refractivity contribution in [1.29, 1.82) is 0 Å². The van der Waals surface area contributed by atoms with Crippen molar-refractivity contribution in [3.63, 3.8) is 0 Å². The van der Waals surface area contributed by atoms with Crippen molar-refractivity contribution in [2.45, 2.75) is 71.2 Å². The number of methoxy groups -OCH3 is 1. The largest absolute Gasteiger partial charge is 0.490 e. The van der Waals surface area contributed by atoms with Gasteiger partial charge in [0.1, 0.15) is 36.1 Å². The third-order valence-corrected chi connectivity index (χ3v) is 6.52. The van der Waals surface area contributed by atoms with E-state index in [2.05, 4.69) is 16.0 Å². The van der Waals surface area contributed by atoms with Gasteiger partial charge >= 0.3 is 12.1 Å². The molecule has 216 valence electrons. The van der Waals surface area contributed by atoms with Crippen LogP contribution in [0.2, 0.25) is 0 Å². The molecule has 0 fully saturated rings. The van der Waals surface area contributed by atoms with E-state index < -0.39 is 47.6 Å². The molecule has 11 heteroatoms. The van der Waals surface area contributed by atoms with Crippen LogP contribution in [0.4, 0.5) is 4.79 Å². The van der Waals surface area contributed by atoms with Gasteiger partial charge in [-0.05, 0) is 50.8 Å². The summed E-state index contributed by atoms with van der Waals surface area (Å²) in [5, 5.41) is 8.16. The Morgan fingerprint density at radius 2 is 1.79 bits per heavy atom. The van der Waals surface area contributed by atoms with Crippen molar-refractivity contribution in [2.24, 2.45) is 5.92 Å². The maximum absolute atomic E-state index is 13.5. The van der Waals surface area contributed by atoms with Gasteiger partial charge in [0, 0.05) is 17.9 Å². The van der Waals surface area contributed by atoms with E-state index in [0.717, 1.165) is 5.56 Å². The molecule has 3 rings (SSSR count). The first-order chi connectivity index (χ1) is 18.4. The predicted molar refractivity (Wildman–Crippen MR) is 151 cm³/mol. The van der Waals surface area contributed by atoms with Gasteiger partial charge < -0.3 is 30.2 Å². The van der Waals surface area contributed by atoms with E-state index in [-0.39, 0.29) is 18.1 Å². The number of nitrogens with one attached hydrogen (secondary N) is 3. The third-order valence-electron chi connectivity index (χ3n) is 5.52. The molecule has 1 aromatic carbocycles. The first-order valence-corrected chi connectivity index (χ1v) is 14.2. The number of amides is 3. The molecule has 0 saturated heterocycles. The molecular formula is C28H41N3O7S. The summed E-state index contributed by atoms with van der Waals surface area (Å²) >= 11 is 1.45. The van der Waals surface area contributed by atoms with Gasteiger partial charge in [0.05, 0.1) is 7.11 Å². The van der Waals surface area contributed by atoms with E-state index >= 15 is 0 Å². The van der Waals surface area contributed by atoms with Gasteiger partial charge in [-0.25, -0.2) is 9.59 Å². The molecule has 0 unspecified atom stereocenters.